The lowest BCUT2D eigenvalue weighted by Crippen LogP contribution is -2.32. The van der Waals surface area contributed by atoms with E-state index in [0.717, 1.165) is 11.3 Å². The maximum Gasteiger partial charge on any atom is 0.246 e. The second-order valence-electron chi connectivity index (χ2n) is 6.06. The Morgan fingerprint density at radius 1 is 1.09 bits per heavy atom. The van der Waals surface area contributed by atoms with Crippen molar-refractivity contribution in [2.45, 2.75) is 39.7 Å². The number of hydrogen-bond donors (Lipinski definition) is 2. The van der Waals surface area contributed by atoms with Crippen molar-refractivity contribution >= 4 is 17.3 Å². The Kier molecular flexibility index (Phi) is 5.37. The number of para-hydroxylation sites is 1. The van der Waals surface area contributed by atoms with Crippen LogP contribution in [0.5, 0.6) is 0 Å². The molecule has 0 aliphatic heterocycles. The fourth-order valence-electron chi connectivity index (χ4n) is 2.35. The van der Waals surface area contributed by atoms with E-state index >= 15 is 0 Å². The highest BCUT2D eigenvalue weighted by Gasteiger charge is 2.15. The normalized spacial score (nSPS) is 12.1. The molecular formula is C19H23FN2O. The van der Waals surface area contributed by atoms with Crippen molar-refractivity contribution in [3.63, 3.8) is 0 Å². The van der Waals surface area contributed by atoms with Crippen molar-refractivity contribution < 1.29 is 9.18 Å². The zero-order chi connectivity index (χ0) is 17.0. The molecule has 0 saturated carbocycles. The lowest BCUT2D eigenvalue weighted by atomic mass is 10.0. The summed E-state index contributed by atoms with van der Waals surface area (Å²) in [6, 6.07) is 12.1. The summed E-state index contributed by atoms with van der Waals surface area (Å²) in [5.41, 5.74) is 3.08. The molecule has 0 radical (unpaired) electrons. The van der Waals surface area contributed by atoms with Crippen molar-refractivity contribution in [1.82, 2.24) is 0 Å². The molecule has 23 heavy (non-hydrogen) atoms. The molecule has 0 aromatic heterocycles. The van der Waals surface area contributed by atoms with E-state index in [1.54, 1.807) is 26.0 Å². The Morgan fingerprint density at radius 2 is 1.78 bits per heavy atom. The summed E-state index contributed by atoms with van der Waals surface area (Å²) in [6.45, 7) is 7.63. The van der Waals surface area contributed by atoms with Crippen molar-refractivity contribution in [3.05, 3.63) is 59.4 Å². The van der Waals surface area contributed by atoms with Gasteiger partial charge in [-0.3, -0.25) is 4.79 Å². The molecule has 2 rings (SSSR count). The van der Waals surface area contributed by atoms with Crippen LogP contribution < -0.4 is 10.6 Å². The highest BCUT2D eigenvalue weighted by molar-refractivity contribution is 5.96. The smallest absolute Gasteiger partial charge is 0.246 e. The molecule has 1 amide bonds. The van der Waals surface area contributed by atoms with Crippen LogP contribution in [-0.4, -0.2) is 11.9 Å². The van der Waals surface area contributed by atoms with Crippen LogP contribution in [-0.2, 0) is 4.79 Å². The maximum absolute atomic E-state index is 13.6. The number of carbonyl (C=O) groups excluding carboxylic acids is 1. The first-order valence-electron chi connectivity index (χ1n) is 7.81. The molecule has 0 bridgehead atoms. The third kappa shape index (κ3) is 4.31. The SMILES string of the molecule is Cc1ccc(NC(C)C(=O)Nc2ccccc2C(C)C)cc1F. The number of rotatable bonds is 5. The number of benzene rings is 2. The molecule has 0 saturated heterocycles. The fourth-order valence-corrected chi connectivity index (χ4v) is 2.35. The predicted molar refractivity (Wildman–Crippen MR) is 93.4 cm³/mol. The van der Waals surface area contributed by atoms with Gasteiger partial charge in [0.05, 0.1) is 0 Å². The topological polar surface area (TPSA) is 41.1 Å². The van der Waals surface area contributed by atoms with Gasteiger partial charge < -0.3 is 10.6 Å². The Morgan fingerprint density at radius 3 is 2.43 bits per heavy atom. The van der Waals surface area contributed by atoms with Gasteiger partial charge in [0, 0.05) is 11.4 Å². The molecular weight excluding hydrogens is 291 g/mol. The quantitative estimate of drug-likeness (QED) is 0.840. The van der Waals surface area contributed by atoms with Gasteiger partial charge in [0.2, 0.25) is 5.91 Å². The molecule has 1 unspecified atom stereocenters. The van der Waals surface area contributed by atoms with E-state index in [9.17, 15) is 9.18 Å². The minimum Gasteiger partial charge on any atom is -0.374 e. The van der Waals surface area contributed by atoms with E-state index in [0.29, 0.717) is 17.2 Å². The number of carbonyl (C=O) groups is 1. The first kappa shape index (κ1) is 17.0. The highest BCUT2D eigenvalue weighted by atomic mass is 19.1. The number of anilines is 2. The molecule has 0 aliphatic rings. The Labute approximate surface area is 136 Å². The monoisotopic (exact) mass is 314 g/mol. The van der Waals surface area contributed by atoms with Gasteiger partial charge in [-0.1, -0.05) is 38.1 Å². The molecule has 0 spiro atoms. The van der Waals surface area contributed by atoms with Gasteiger partial charge in [-0.2, -0.15) is 0 Å². The largest absolute Gasteiger partial charge is 0.374 e. The summed E-state index contributed by atoms with van der Waals surface area (Å²) in [6.07, 6.45) is 0. The van der Waals surface area contributed by atoms with Gasteiger partial charge in [-0.05, 0) is 49.1 Å². The molecule has 2 N–H and O–H groups in total. The van der Waals surface area contributed by atoms with Crippen molar-refractivity contribution in [2.75, 3.05) is 10.6 Å². The average molecular weight is 314 g/mol. The molecule has 4 heteroatoms. The van der Waals surface area contributed by atoms with Crippen LogP contribution in [0.15, 0.2) is 42.5 Å². The van der Waals surface area contributed by atoms with Crippen molar-refractivity contribution in [1.29, 1.82) is 0 Å². The van der Waals surface area contributed by atoms with Gasteiger partial charge in [-0.25, -0.2) is 4.39 Å². The van der Waals surface area contributed by atoms with E-state index in [4.69, 9.17) is 0 Å². The molecule has 2 aromatic carbocycles. The van der Waals surface area contributed by atoms with Gasteiger partial charge in [0.1, 0.15) is 11.9 Å². The minimum absolute atomic E-state index is 0.154. The molecule has 3 nitrogen and oxygen atoms in total. The Balaban J connectivity index is 2.07. The predicted octanol–water partition coefficient (Wildman–Crippen LogP) is 4.70. The molecule has 0 heterocycles. The fraction of sp³-hybridized carbons (Fsp3) is 0.316. The van der Waals surface area contributed by atoms with Crippen LogP contribution in [0.1, 0.15) is 37.8 Å². The van der Waals surface area contributed by atoms with Crippen LogP contribution >= 0.6 is 0 Å². The lowest BCUT2D eigenvalue weighted by Gasteiger charge is -2.18. The van der Waals surface area contributed by atoms with Gasteiger partial charge >= 0.3 is 0 Å². The van der Waals surface area contributed by atoms with Gasteiger partial charge in [-0.15, -0.1) is 0 Å². The summed E-state index contributed by atoms with van der Waals surface area (Å²) in [5.74, 6) is -0.118. The van der Waals surface area contributed by atoms with Crippen LogP contribution in [0, 0.1) is 12.7 Å². The summed E-state index contributed by atoms with van der Waals surface area (Å²) in [4.78, 5) is 12.4. The van der Waals surface area contributed by atoms with Crippen LogP contribution in [0.25, 0.3) is 0 Å². The zero-order valence-electron chi connectivity index (χ0n) is 14.0. The third-order valence-corrected chi connectivity index (χ3v) is 3.79. The zero-order valence-corrected chi connectivity index (χ0v) is 14.0. The van der Waals surface area contributed by atoms with Crippen molar-refractivity contribution in [2.24, 2.45) is 0 Å². The summed E-state index contributed by atoms with van der Waals surface area (Å²) >= 11 is 0. The van der Waals surface area contributed by atoms with E-state index in [2.05, 4.69) is 24.5 Å². The van der Waals surface area contributed by atoms with Crippen LogP contribution in [0.4, 0.5) is 15.8 Å². The number of hydrogen-bond acceptors (Lipinski definition) is 2. The summed E-state index contributed by atoms with van der Waals surface area (Å²) in [7, 11) is 0. The highest BCUT2D eigenvalue weighted by Crippen LogP contribution is 2.24. The standard InChI is InChI=1S/C19H23FN2O/c1-12(2)16-7-5-6-8-18(16)22-19(23)14(4)21-15-10-9-13(3)17(20)11-15/h5-12,14,21H,1-4H3,(H,22,23). The van der Waals surface area contributed by atoms with Crippen molar-refractivity contribution in [3.8, 4) is 0 Å². The number of amides is 1. The van der Waals surface area contributed by atoms with Crippen LogP contribution in [0.3, 0.4) is 0 Å². The van der Waals surface area contributed by atoms with E-state index < -0.39 is 6.04 Å². The average Bonchev–Trinajstić information content (AvgIpc) is 2.51. The second kappa shape index (κ2) is 7.27. The van der Waals surface area contributed by atoms with E-state index in [-0.39, 0.29) is 11.7 Å². The number of nitrogens with one attached hydrogen (secondary N) is 2. The first-order chi connectivity index (χ1) is 10.9. The third-order valence-electron chi connectivity index (χ3n) is 3.79. The second-order valence-corrected chi connectivity index (χ2v) is 6.06. The van der Waals surface area contributed by atoms with E-state index in [1.807, 2.05) is 24.3 Å². The molecule has 0 fully saturated rings. The number of aryl methyl sites for hydroxylation is 1. The lowest BCUT2D eigenvalue weighted by molar-refractivity contribution is -0.116. The van der Waals surface area contributed by atoms with Gasteiger partial charge in [0.15, 0.2) is 0 Å². The molecule has 0 aliphatic carbocycles. The van der Waals surface area contributed by atoms with E-state index in [1.165, 1.54) is 6.07 Å². The first-order valence-corrected chi connectivity index (χ1v) is 7.81. The maximum atomic E-state index is 13.6. The molecule has 2 aromatic rings. The van der Waals surface area contributed by atoms with Gasteiger partial charge in [0.25, 0.3) is 0 Å². The Bertz CT molecular complexity index is 698. The number of halogens is 1. The summed E-state index contributed by atoms with van der Waals surface area (Å²) < 4.78 is 13.6. The minimum atomic E-state index is -0.475. The molecule has 122 valence electrons. The molecule has 1 atom stereocenters. The Hall–Kier alpha value is -2.36. The summed E-state index contributed by atoms with van der Waals surface area (Å²) in [5, 5.41) is 5.97. The van der Waals surface area contributed by atoms with Crippen LogP contribution in [0.2, 0.25) is 0 Å².